The van der Waals surface area contributed by atoms with Crippen LogP contribution in [0, 0.1) is 11.3 Å². The van der Waals surface area contributed by atoms with E-state index in [1.54, 1.807) is 21.8 Å². The van der Waals surface area contributed by atoms with Gasteiger partial charge in [-0.2, -0.15) is 4.31 Å². The molecule has 21 heavy (non-hydrogen) atoms. The van der Waals surface area contributed by atoms with Crippen LogP contribution < -0.4 is 5.32 Å². The van der Waals surface area contributed by atoms with Gasteiger partial charge < -0.3 is 5.32 Å². The van der Waals surface area contributed by atoms with Crippen molar-refractivity contribution in [3.05, 3.63) is 17.5 Å². The summed E-state index contributed by atoms with van der Waals surface area (Å²) >= 11 is 1.25. The van der Waals surface area contributed by atoms with Gasteiger partial charge in [-0.3, -0.25) is 4.79 Å². The van der Waals surface area contributed by atoms with E-state index >= 15 is 0 Å². The van der Waals surface area contributed by atoms with Crippen LogP contribution in [-0.2, 0) is 14.8 Å². The van der Waals surface area contributed by atoms with Crippen LogP contribution in [-0.4, -0.2) is 37.8 Å². The highest BCUT2D eigenvalue weighted by atomic mass is 32.2. The molecule has 7 heteroatoms. The molecule has 0 unspecified atom stereocenters. The molecule has 2 heterocycles. The Kier molecular flexibility index (Phi) is 2.96. The van der Waals surface area contributed by atoms with Crippen LogP contribution in [0.15, 0.2) is 21.7 Å². The molecule has 114 valence electrons. The summed E-state index contributed by atoms with van der Waals surface area (Å²) in [5.74, 6) is 0.148. The van der Waals surface area contributed by atoms with Gasteiger partial charge in [0.2, 0.25) is 5.91 Å². The van der Waals surface area contributed by atoms with Crippen LogP contribution in [0.3, 0.4) is 0 Å². The smallest absolute Gasteiger partial charge is 0.252 e. The van der Waals surface area contributed by atoms with Crippen LogP contribution in [0.25, 0.3) is 0 Å². The van der Waals surface area contributed by atoms with Gasteiger partial charge in [-0.25, -0.2) is 8.42 Å². The van der Waals surface area contributed by atoms with Gasteiger partial charge in [0.05, 0.1) is 0 Å². The first-order valence-electron chi connectivity index (χ1n) is 7.35. The van der Waals surface area contributed by atoms with Gasteiger partial charge in [-0.15, -0.1) is 11.3 Å². The van der Waals surface area contributed by atoms with E-state index in [9.17, 15) is 13.2 Å². The van der Waals surface area contributed by atoms with E-state index in [1.165, 1.54) is 11.3 Å². The third kappa shape index (κ3) is 2.31. The summed E-state index contributed by atoms with van der Waals surface area (Å²) in [6, 6.07) is 3.78. The Hall–Kier alpha value is -0.920. The molecule has 4 rings (SSSR count). The number of thiophene rings is 1. The summed E-state index contributed by atoms with van der Waals surface area (Å²) in [5.41, 5.74) is -0.0939. The zero-order valence-corrected chi connectivity index (χ0v) is 13.3. The number of hydrogen-bond acceptors (Lipinski definition) is 4. The fraction of sp³-hybridized carbons (Fsp3) is 0.643. The SMILES string of the molecule is O=C(NC1CC1)[C@H]1C[C@]12CCN(S(=O)(=O)c1cccs1)C2. The highest BCUT2D eigenvalue weighted by Gasteiger charge is 2.62. The molecule has 1 amide bonds. The molecule has 1 saturated heterocycles. The monoisotopic (exact) mass is 326 g/mol. The maximum atomic E-state index is 12.5. The van der Waals surface area contributed by atoms with Gasteiger partial charge >= 0.3 is 0 Å². The number of amides is 1. The summed E-state index contributed by atoms with van der Waals surface area (Å²) in [6.45, 7) is 1.03. The minimum atomic E-state index is -3.37. The first kappa shape index (κ1) is 13.7. The van der Waals surface area contributed by atoms with E-state index in [0.717, 1.165) is 25.7 Å². The Morgan fingerprint density at radius 1 is 1.43 bits per heavy atom. The molecule has 3 aliphatic rings. The Bertz CT molecular complexity index is 666. The van der Waals surface area contributed by atoms with Crippen molar-refractivity contribution in [2.75, 3.05) is 13.1 Å². The highest BCUT2D eigenvalue weighted by Crippen LogP contribution is 2.59. The maximum absolute atomic E-state index is 12.5. The Labute approximate surface area is 128 Å². The van der Waals surface area contributed by atoms with Crippen LogP contribution in [0.4, 0.5) is 0 Å². The third-order valence-corrected chi connectivity index (χ3v) is 8.09. The van der Waals surface area contributed by atoms with Crippen molar-refractivity contribution in [3.63, 3.8) is 0 Å². The first-order valence-corrected chi connectivity index (χ1v) is 9.67. The van der Waals surface area contributed by atoms with E-state index < -0.39 is 10.0 Å². The van der Waals surface area contributed by atoms with Crippen LogP contribution in [0.1, 0.15) is 25.7 Å². The number of rotatable bonds is 4. The fourth-order valence-corrected chi connectivity index (χ4v) is 5.98. The minimum Gasteiger partial charge on any atom is -0.353 e. The molecule has 1 aromatic rings. The number of carbonyl (C=O) groups is 1. The number of carbonyl (C=O) groups excluding carboxylic acids is 1. The molecular formula is C14H18N2O3S2. The lowest BCUT2D eigenvalue weighted by Gasteiger charge is -2.15. The lowest BCUT2D eigenvalue weighted by atomic mass is 10.0. The second-order valence-electron chi connectivity index (χ2n) is 6.42. The second-order valence-corrected chi connectivity index (χ2v) is 9.54. The van der Waals surface area contributed by atoms with Crippen molar-refractivity contribution in [1.82, 2.24) is 9.62 Å². The van der Waals surface area contributed by atoms with Crippen molar-refractivity contribution in [2.24, 2.45) is 11.3 Å². The standard InChI is InChI=1S/C14H18N2O3S2/c17-13(15-10-3-4-10)11-8-14(11)5-6-16(9-14)21(18,19)12-2-1-7-20-12/h1-2,7,10-11H,3-6,8-9H2,(H,15,17)/t11-,14+/m1/s1. The summed E-state index contributed by atoms with van der Waals surface area (Å²) < 4.78 is 27.0. The molecule has 0 aromatic carbocycles. The topological polar surface area (TPSA) is 66.5 Å². The summed E-state index contributed by atoms with van der Waals surface area (Å²) in [4.78, 5) is 12.1. The Morgan fingerprint density at radius 2 is 2.24 bits per heavy atom. The first-order chi connectivity index (χ1) is 10.0. The molecule has 1 aromatic heterocycles. The van der Waals surface area contributed by atoms with E-state index in [2.05, 4.69) is 5.32 Å². The lowest BCUT2D eigenvalue weighted by Crippen LogP contribution is -2.31. The maximum Gasteiger partial charge on any atom is 0.252 e. The van der Waals surface area contributed by atoms with Crippen LogP contribution in [0.2, 0.25) is 0 Å². The largest absolute Gasteiger partial charge is 0.353 e. The van der Waals surface area contributed by atoms with Gasteiger partial charge in [-0.05, 0) is 42.5 Å². The normalized spacial score (nSPS) is 32.5. The molecule has 0 radical (unpaired) electrons. The van der Waals surface area contributed by atoms with Crippen LogP contribution in [0.5, 0.6) is 0 Å². The zero-order chi connectivity index (χ0) is 14.7. The van der Waals surface area contributed by atoms with Crippen molar-refractivity contribution < 1.29 is 13.2 Å². The molecular weight excluding hydrogens is 308 g/mol. The van der Waals surface area contributed by atoms with Crippen molar-refractivity contribution in [2.45, 2.75) is 35.9 Å². The quantitative estimate of drug-likeness (QED) is 0.910. The average molecular weight is 326 g/mol. The van der Waals surface area contributed by atoms with Gasteiger partial charge in [0, 0.05) is 25.0 Å². The summed E-state index contributed by atoms with van der Waals surface area (Å²) in [6.07, 6.45) is 3.82. The second kappa shape index (κ2) is 4.54. The van der Waals surface area contributed by atoms with Crippen LogP contribution >= 0.6 is 11.3 Å². The van der Waals surface area contributed by atoms with Crippen molar-refractivity contribution >= 4 is 27.3 Å². The fourth-order valence-electron chi connectivity index (χ4n) is 3.30. The lowest BCUT2D eigenvalue weighted by molar-refractivity contribution is -0.123. The van der Waals surface area contributed by atoms with E-state index in [1.807, 2.05) is 0 Å². The Morgan fingerprint density at radius 3 is 2.90 bits per heavy atom. The number of sulfonamides is 1. The molecule has 5 nitrogen and oxygen atoms in total. The number of hydrogen-bond donors (Lipinski definition) is 1. The highest BCUT2D eigenvalue weighted by molar-refractivity contribution is 7.91. The minimum absolute atomic E-state index is 0.0154. The van der Waals surface area contributed by atoms with E-state index in [0.29, 0.717) is 23.3 Å². The molecule has 2 aliphatic carbocycles. The van der Waals surface area contributed by atoms with Gasteiger partial charge in [-0.1, -0.05) is 6.07 Å². The molecule has 1 N–H and O–H groups in total. The zero-order valence-electron chi connectivity index (χ0n) is 11.6. The predicted octanol–water partition coefficient (Wildman–Crippen LogP) is 1.43. The third-order valence-electron chi connectivity index (χ3n) is 4.87. The van der Waals surface area contributed by atoms with E-state index in [-0.39, 0.29) is 17.2 Å². The summed E-state index contributed by atoms with van der Waals surface area (Å²) in [5, 5.41) is 4.82. The number of nitrogens with one attached hydrogen (secondary N) is 1. The molecule has 2 atom stereocenters. The molecule has 2 saturated carbocycles. The van der Waals surface area contributed by atoms with E-state index in [4.69, 9.17) is 0 Å². The molecule has 1 spiro atoms. The van der Waals surface area contributed by atoms with Crippen molar-refractivity contribution in [1.29, 1.82) is 0 Å². The molecule has 3 fully saturated rings. The number of nitrogens with zero attached hydrogens (tertiary/aromatic N) is 1. The summed E-state index contributed by atoms with van der Waals surface area (Å²) in [7, 11) is -3.37. The van der Waals surface area contributed by atoms with Gasteiger partial charge in [0.25, 0.3) is 10.0 Å². The Balaban J connectivity index is 1.45. The molecule has 1 aliphatic heterocycles. The van der Waals surface area contributed by atoms with Gasteiger partial charge in [0.15, 0.2) is 0 Å². The van der Waals surface area contributed by atoms with Gasteiger partial charge in [0.1, 0.15) is 4.21 Å². The van der Waals surface area contributed by atoms with Crippen molar-refractivity contribution in [3.8, 4) is 0 Å². The molecule has 0 bridgehead atoms. The average Bonchev–Trinajstić information content (AvgIpc) is 3.22. The predicted molar refractivity (Wildman–Crippen MR) is 79.4 cm³/mol.